The molecule has 0 saturated heterocycles. The first-order valence-electron chi connectivity index (χ1n) is 8.19. The van der Waals surface area contributed by atoms with E-state index in [1.165, 1.54) is 5.56 Å². The van der Waals surface area contributed by atoms with Crippen LogP contribution in [0.5, 0.6) is 5.75 Å². The topological polar surface area (TPSA) is 46.8 Å². The predicted molar refractivity (Wildman–Crippen MR) is 96.4 cm³/mol. The number of benzene rings is 1. The maximum atomic E-state index is 13.0. The van der Waals surface area contributed by atoms with Gasteiger partial charge < -0.3 is 9.64 Å². The molecule has 128 valence electrons. The monoisotopic (exact) mass is 355 g/mol. The van der Waals surface area contributed by atoms with Crippen LogP contribution in [0, 0.1) is 0 Å². The van der Waals surface area contributed by atoms with Crippen molar-refractivity contribution < 1.29 is 9.53 Å². The lowest BCUT2D eigenvalue weighted by molar-refractivity contribution is 0.0671. The molecule has 0 N–H and O–H groups in total. The molecule has 5 nitrogen and oxygen atoms in total. The molecule has 1 amide bonds. The van der Waals surface area contributed by atoms with E-state index in [1.54, 1.807) is 30.0 Å². The quantitative estimate of drug-likeness (QED) is 0.703. The summed E-state index contributed by atoms with van der Waals surface area (Å²) < 4.78 is 6.97. The Morgan fingerprint density at radius 2 is 2.12 bits per heavy atom. The number of aromatic nitrogens is 2. The first-order valence-corrected chi connectivity index (χ1v) is 8.57. The zero-order chi connectivity index (χ0) is 17.6. The van der Waals surface area contributed by atoms with Gasteiger partial charge in [0.05, 0.1) is 23.7 Å². The number of amides is 1. The minimum atomic E-state index is -0.0687. The van der Waals surface area contributed by atoms with Gasteiger partial charge in [0.1, 0.15) is 5.75 Å². The zero-order valence-corrected chi connectivity index (χ0v) is 14.8. The third kappa shape index (κ3) is 2.74. The molecule has 0 aliphatic carbocycles. The molecule has 1 aliphatic heterocycles. The van der Waals surface area contributed by atoms with Crippen LogP contribution in [0.2, 0.25) is 5.02 Å². The highest BCUT2D eigenvalue weighted by Gasteiger charge is 2.29. The number of fused-ring (bicyclic) bond motifs is 2. The summed E-state index contributed by atoms with van der Waals surface area (Å²) in [5, 5.41) is 4.97. The molecule has 25 heavy (non-hydrogen) atoms. The lowest BCUT2D eigenvalue weighted by Crippen LogP contribution is -2.39. The van der Waals surface area contributed by atoms with Crippen molar-refractivity contribution in [2.75, 3.05) is 13.7 Å². The van der Waals surface area contributed by atoms with Gasteiger partial charge in [-0.3, -0.25) is 4.79 Å². The Morgan fingerprint density at radius 3 is 2.92 bits per heavy atom. The number of rotatable bonds is 2. The summed E-state index contributed by atoms with van der Waals surface area (Å²) in [5.41, 5.74) is 3.67. The number of ether oxygens (including phenoxy) is 1. The highest BCUT2D eigenvalue weighted by Crippen LogP contribution is 2.33. The SMILES string of the molecule is COc1ccc2c(c1)C(C)N(C(=O)c1cc3ccc(Cl)cn3n1)CC2. The molecule has 0 bridgehead atoms. The number of halogens is 1. The van der Waals surface area contributed by atoms with E-state index in [4.69, 9.17) is 16.3 Å². The van der Waals surface area contributed by atoms with Crippen LogP contribution >= 0.6 is 11.6 Å². The zero-order valence-electron chi connectivity index (χ0n) is 14.1. The molecule has 1 aliphatic rings. The van der Waals surface area contributed by atoms with E-state index in [1.807, 2.05) is 30.0 Å². The van der Waals surface area contributed by atoms with Crippen molar-refractivity contribution in [3.8, 4) is 5.75 Å². The Kier molecular flexibility index (Phi) is 3.88. The minimum absolute atomic E-state index is 0.0280. The molecule has 0 fully saturated rings. The summed E-state index contributed by atoms with van der Waals surface area (Å²) in [6.07, 6.45) is 2.53. The van der Waals surface area contributed by atoms with Crippen LogP contribution in [0.25, 0.3) is 5.52 Å². The maximum absolute atomic E-state index is 13.0. The maximum Gasteiger partial charge on any atom is 0.274 e. The van der Waals surface area contributed by atoms with Gasteiger partial charge in [0.25, 0.3) is 5.91 Å². The second-order valence-electron chi connectivity index (χ2n) is 6.24. The summed E-state index contributed by atoms with van der Waals surface area (Å²) >= 11 is 6.00. The lowest BCUT2D eigenvalue weighted by atomic mass is 9.93. The van der Waals surface area contributed by atoms with E-state index in [-0.39, 0.29) is 11.9 Å². The number of carbonyl (C=O) groups excluding carboxylic acids is 1. The van der Waals surface area contributed by atoms with Crippen LogP contribution in [-0.2, 0) is 6.42 Å². The molecule has 2 aromatic heterocycles. The Bertz CT molecular complexity index is 966. The number of methoxy groups -OCH3 is 1. The van der Waals surface area contributed by atoms with Crippen molar-refractivity contribution in [1.29, 1.82) is 0 Å². The highest BCUT2D eigenvalue weighted by atomic mass is 35.5. The molecule has 0 saturated carbocycles. The second-order valence-corrected chi connectivity index (χ2v) is 6.67. The van der Waals surface area contributed by atoms with Crippen LogP contribution in [-0.4, -0.2) is 34.1 Å². The number of hydrogen-bond donors (Lipinski definition) is 0. The van der Waals surface area contributed by atoms with Gasteiger partial charge in [-0.2, -0.15) is 5.10 Å². The van der Waals surface area contributed by atoms with Crippen LogP contribution in [0.15, 0.2) is 42.6 Å². The van der Waals surface area contributed by atoms with Crippen molar-refractivity contribution in [1.82, 2.24) is 14.5 Å². The second kappa shape index (κ2) is 6.08. The van der Waals surface area contributed by atoms with Crippen LogP contribution in [0.3, 0.4) is 0 Å². The normalized spacial score (nSPS) is 16.8. The molecule has 6 heteroatoms. The van der Waals surface area contributed by atoms with Crippen molar-refractivity contribution >= 4 is 23.0 Å². The number of hydrogen-bond acceptors (Lipinski definition) is 3. The summed E-state index contributed by atoms with van der Waals surface area (Å²) in [5.74, 6) is 0.739. The average Bonchev–Trinajstić information content (AvgIpc) is 3.04. The molecule has 1 unspecified atom stereocenters. The standard InChI is InChI=1S/C19H18ClN3O2/c1-12-17-10-16(25-2)6-3-13(17)7-8-22(12)19(24)18-9-15-5-4-14(20)11-23(15)21-18/h3-6,9-12H,7-8H2,1-2H3. The summed E-state index contributed by atoms with van der Waals surface area (Å²) in [4.78, 5) is 14.9. The summed E-state index contributed by atoms with van der Waals surface area (Å²) in [6.45, 7) is 2.72. The van der Waals surface area contributed by atoms with Crippen molar-refractivity contribution in [3.05, 3.63) is 64.4 Å². The van der Waals surface area contributed by atoms with Crippen LogP contribution in [0.4, 0.5) is 0 Å². The van der Waals surface area contributed by atoms with E-state index in [0.29, 0.717) is 17.3 Å². The molecule has 0 radical (unpaired) electrons. The third-order valence-electron chi connectivity index (χ3n) is 4.80. The van der Waals surface area contributed by atoms with E-state index in [2.05, 4.69) is 11.2 Å². The first-order chi connectivity index (χ1) is 12.1. The molecule has 4 rings (SSSR count). The molecule has 0 spiro atoms. The molecule has 1 atom stereocenters. The summed E-state index contributed by atoms with van der Waals surface area (Å²) in [7, 11) is 1.65. The van der Waals surface area contributed by atoms with Gasteiger partial charge in [0, 0.05) is 12.7 Å². The smallest absolute Gasteiger partial charge is 0.274 e. The van der Waals surface area contributed by atoms with Gasteiger partial charge in [-0.05, 0) is 54.8 Å². The Balaban J connectivity index is 1.67. The van der Waals surface area contributed by atoms with Gasteiger partial charge in [-0.1, -0.05) is 17.7 Å². The lowest BCUT2D eigenvalue weighted by Gasteiger charge is -2.35. The fourth-order valence-corrected chi connectivity index (χ4v) is 3.57. The Morgan fingerprint density at radius 1 is 1.28 bits per heavy atom. The van der Waals surface area contributed by atoms with Gasteiger partial charge in [-0.25, -0.2) is 4.52 Å². The fourth-order valence-electron chi connectivity index (χ4n) is 3.41. The molecule has 3 aromatic rings. The van der Waals surface area contributed by atoms with Gasteiger partial charge in [0.2, 0.25) is 0 Å². The van der Waals surface area contributed by atoms with Crippen LogP contribution in [0.1, 0.15) is 34.6 Å². The molecule has 1 aromatic carbocycles. The predicted octanol–water partition coefficient (Wildman–Crippen LogP) is 3.76. The number of nitrogens with zero attached hydrogens (tertiary/aromatic N) is 3. The van der Waals surface area contributed by atoms with Crippen molar-refractivity contribution in [3.63, 3.8) is 0 Å². The molecular weight excluding hydrogens is 338 g/mol. The van der Waals surface area contributed by atoms with Crippen LogP contribution < -0.4 is 4.74 Å². The largest absolute Gasteiger partial charge is 0.497 e. The van der Waals surface area contributed by atoms with E-state index in [9.17, 15) is 4.79 Å². The van der Waals surface area contributed by atoms with E-state index in [0.717, 1.165) is 23.3 Å². The molecular formula is C19H18ClN3O2. The number of carbonyl (C=O) groups is 1. The van der Waals surface area contributed by atoms with Crippen molar-refractivity contribution in [2.45, 2.75) is 19.4 Å². The van der Waals surface area contributed by atoms with E-state index < -0.39 is 0 Å². The fraction of sp³-hybridized carbons (Fsp3) is 0.263. The van der Waals surface area contributed by atoms with Gasteiger partial charge >= 0.3 is 0 Å². The van der Waals surface area contributed by atoms with Gasteiger partial charge in [0.15, 0.2) is 5.69 Å². The Hall–Kier alpha value is -2.53. The minimum Gasteiger partial charge on any atom is -0.497 e. The van der Waals surface area contributed by atoms with Gasteiger partial charge in [-0.15, -0.1) is 0 Å². The number of pyridine rings is 1. The summed E-state index contributed by atoms with van der Waals surface area (Å²) in [6, 6.07) is 11.5. The average molecular weight is 356 g/mol. The first kappa shape index (κ1) is 16.0. The highest BCUT2D eigenvalue weighted by molar-refractivity contribution is 6.30. The Labute approximate surface area is 150 Å². The van der Waals surface area contributed by atoms with Crippen molar-refractivity contribution in [2.24, 2.45) is 0 Å². The molecule has 3 heterocycles. The third-order valence-corrected chi connectivity index (χ3v) is 5.02. The van der Waals surface area contributed by atoms with E-state index >= 15 is 0 Å².